The van der Waals surface area contributed by atoms with Gasteiger partial charge in [-0.3, -0.25) is 4.79 Å². The number of carbonyl (C=O) groups is 1. The Labute approximate surface area is 87.0 Å². The van der Waals surface area contributed by atoms with Crippen LogP contribution >= 0.6 is 0 Å². The standard InChI is InChI=1S/C10H13NO4/c1-6(11-5-10(14)15)8-4-7(12)2-3-9(8)13/h2-4,6,11-13H,5H2,1H3,(H,14,15). The van der Waals surface area contributed by atoms with Gasteiger partial charge in [0.2, 0.25) is 0 Å². The van der Waals surface area contributed by atoms with Crippen LogP contribution in [0, 0.1) is 0 Å². The largest absolute Gasteiger partial charge is 0.508 e. The molecule has 0 radical (unpaired) electrons. The summed E-state index contributed by atoms with van der Waals surface area (Å²) in [6, 6.07) is 3.79. The van der Waals surface area contributed by atoms with Crippen LogP contribution in [-0.4, -0.2) is 27.8 Å². The van der Waals surface area contributed by atoms with Crippen LogP contribution in [0.4, 0.5) is 0 Å². The molecule has 0 fully saturated rings. The number of rotatable bonds is 4. The van der Waals surface area contributed by atoms with Gasteiger partial charge < -0.3 is 20.6 Å². The molecular formula is C10H13NO4. The first-order valence-corrected chi connectivity index (χ1v) is 4.47. The number of aliphatic carboxylic acids is 1. The Morgan fingerprint density at radius 2 is 2.13 bits per heavy atom. The zero-order valence-electron chi connectivity index (χ0n) is 8.27. The molecular weight excluding hydrogens is 198 g/mol. The SMILES string of the molecule is CC(NCC(=O)O)c1cc(O)ccc1O. The second kappa shape index (κ2) is 4.65. The average molecular weight is 211 g/mol. The highest BCUT2D eigenvalue weighted by Crippen LogP contribution is 2.27. The molecule has 0 aromatic heterocycles. The van der Waals surface area contributed by atoms with Crippen molar-refractivity contribution in [3.8, 4) is 11.5 Å². The lowest BCUT2D eigenvalue weighted by Gasteiger charge is -2.14. The summed E-state index contributed by atoms with van der Waals surface area (Å²) in [6.07, 6.45) is 0. The smallest absolute Gasteiger partial charge is 0.317 e. The number of hydrogen-bond acceptors (Lipinski definition) is 4. The van der Waals surface area contributed by atoms with Gasteiger partial charge in [-0.15, -0.1) is 0 Å². The first kappa shape index (κ1) is 11.3. The Morgan fingerprint density at radius 3 is 2.73 bits per heavy atom. The molecule has 5 nitrogen and oxygen atoms in total. The van der Waals surface area contributed by atoms with E-state index in [9.17, 15) is 15.0 Å². The molecule has 0 saturated carbocycles. The van der Waals surface area contributed by atoms with Gasteiger partial charge in [0.25, 0.3) is 0 Å². The summed E-state index contributed by atoms with van der Waals surface area (Å²) in [5, 5.41) is 29.8. The zero-order valence-corrected chi connectivity index (χ0v) is 8.27. The molecule has 1 aromatic rings. The minimum Gasteiger partial charge on any atom is -0.508 e. The molecule has 0 aliphatic carbocycles. The fourth-order valence-corrected chi connectivity index (χ4v) is 1.24. The number of benzene rings is 1. The van der Waals surface area contributed by atoms with Crippen LogP contribution in [0.1, 0.15) is 18.5 Å². The topological polar surface area (TPSA) is 89.8 Å². The van der Waals surface area contributed by atoms with Crippen LogP contribution in [0.2, 0.25) is 0 Å². The zero-order chi connectivity index (χ0) is 11.4. The summed E-state index contributed by atoms with van der Waals surface area (Å²) < 4.78 is 0. The predicted octanol–water partition coefficient (Wildman–Crippen LogP) is 0.833. The van der Waals surface area contributed by atoms with Crippen molar-refractivity contribution in [1.82, 2.24) is 5.32 Å². The first-order chi connectivity index (χ1) is 7.00. The highest BCUT2D eigenvalue weighted by Gasteiger charge is 2.11. The van der Waals surface area contributed by atoms with Crippen LogP contribution in [-0.2, 0) is 4.79 Å². The number of phenols is 2. The third-order valence-corrected chi connectivity index (χ3v) is 2.04. The monoisotopic (exact) mass is 211 g/mol. The van der Waals surface area contributed by atoms with Gasteiger partial charge >= 0.3 is 5.97 Å². The number of nitrogens with one attached hydrogen (secondary N) is 1. The lowest BCUT2D eigenvalue weighted by atomic mass is 10.1. The molecule has 1 atom stereocenters. The second-order valence-electron chi connectivity index (χ2n) is 3.24. The number of aromatic hydroxyl groups is 2. The summed E-state index contributed by atoms with van der Waals surface area (Å²) in [5.41, 5.74) is 0.469. The maximum absolute atomic E-state index is 10.3. The quantitative estimate of drug-likeness (QED) is 0.554. The van der Waals surface area contributed by atoms with Crippen molar-refractivity contribution in [3.63, 3.8) is 0 Å². The van der Waals surface area contributed by atoms with E-state index in [4.69, 9.17) is 5.11 Å². The first-order valence-electron chi connectivity index (χ1n) is 4.47. The number of carboxylic acids is 1. The van der Waals surface area contributed by atoms with E-state index >= 15 is 0 Å². The van der Waals surface area contributed by atoms with Crippen LogP contribution in [0.5, 0.6) is 11.5 Å². The van der Waals surface area contributed by atoms with Gasteiger partial charge in [-0.2, -0.15) is 0 Å². The molecule has 1 aromatic carbocycles. The van der Waals surface area contributed by atoms with Crippen LogP contribution in [0.25, 0.3) is 0 Å². The fourth-order valence-electron chi connectivity index (χ4n) is 1.24. The highest BCUT2D eigenvalue weighted by molar-refractivity contribution is 5.69. The molecule has 1 rings (SSSR count). The molecule has 1 unspecified atom stereocenters. The molecule has 0 spiro atoms. The van der Waals surface area contributed by atoms with E-state index in [1.54, 1.807) is 6.92 Å². The van der Waals surface area contributed by atoms with Gasteiger partial charge in [-0.05, 0) is 25.1 Å². The van der Waals surface area contributed by atoms with E-state index < -0.39 is 5.97 Å². The Hall–Kier alpha value is -1.75. The van der Waals surface area contributed by atoms with Crippen molar-refractivity contribution in [2.75, 3.05) is 6.54 Å². The van der Waals surface area contributed by atoms with Gasteiger partial charge in [-0.25, -0.2) is 0 Å². The Kier molecular flexibility index (Phi) is 3.51. The van der Waals surface area contributed by atoms with Gasteiger partial charge in [0.05, 0.1) is 6.54 Å². The molecule has 4 N–H and O–H groups in total. The van der Waals surface area contributed by atoms with E-state index in [1.165, 1.54) is 18.2 Å². The number of carboxylic acid groups (broad SMARTS) is 1. The molecule has 0 aliphatic rings. The molecule has 0 bridgehead atoms. The van der Waals surface area contributed by atoms with E-state index in [0.717, 1.165) is 0 Å². The van der Waals surface area contributed by atoms with Crippen molar-refractivity contribution in [2.45, 2.75) is 13.0 Å². The fraction of sp³-hybridized carbons (Fsp3) is 0.300. The summed E-state index contributed by atoms with van der Waals surface area (Å²) in [6.45, 7) is 1.51. The van der Waals surface area contributed by atoms with Gasteiger partial charge in [0, 0.05) is 11.6 Å². The predicted molar refractivity (Wildman–Crippen MR) is 53.8 cm³/mol. The molecule has 0 amide bonds. The Balaban J connectivity index is 2.76. The van der Waals surface area contributed by atoms with Gasteiger partial charge in [0.1, 0.15) is 11.5 Å². The van der Waals surface area contributed by atoms with Crippen LogP contribution in [0.3, 0.4) is 0 Å². The third kappa shape index (κ3) is 3.14. The van der Waals surface area contributed by atoms with Crippen molar-refractivity contribution in [2.24, 2.45) is 0 Å². The van der Waals surface area contributed by atoms with Crippen LogP contribution < -0.4 is 5.32 Å². The Morgan fingerprint density at radius 1 is 1.47 bits per heavy atom. The molecule has 5 heteroatoms. The molecule has 0 heterocycles. The molecule has 0 saturated heterocycles. The summed E-state index contributed by atoms with van der Waals surface area (Å²) >= 11 is 0. The van der Waals surface area contributed by atoms with Crippen LogP contribution in [0.15, 0.2) is 18.2 Å². The Bertz CT molecular complexity index is 364. The molecule has 0 aliphatic heterocycles. The lowest BCUT2D eigenvalue weighted by Crippen LogP contribution is -2.25. The second-order valence-corrected chi connectivity index (χ2v) is 3.24. The van der Waals surface area contributed by atoms with Gasteiger partial charge in [0.15, 0.2) is 0 Å². The van der Waals surface area contributed by atoms with E-state index in [2.05, 4.69) is 5.32 Å². The minimum absolute atomic E-state index is 0.0261. The number of hydrogen-bond donors (Lipinski definition) is 4. The summed E-state index contributed by atoms with van der Waals surface area (Å²) in [4.78, 5) is 10.3. The number of phenolic OH excluding ortho intramolecular Hbond substituents is 2. The van der Waals surface area contributed by atoms with E-state index in [-0.39, 0.29) is 24.1 Å². The summed E-state index contributed by atoms with van der Waals surface area (Å²) in [7, 11) is 0. The van der Waals surface area contributed by atoms with Crippen molar-refractivity contribution < 1.29 is 20.1 Å². The minimum atomic E-state index is -0.971. The molecule has 15 heavy (non-hydrogen) atoms. The highest BCUT2D eigenvalue weighted by atomic mass is 16.4. The van der Waals surface area contributed by atoms with E-state index in [1.807, 2.05) is 0 Å². The maximum atomic E-state index is 10.3. The van der Waals surface area contributed by atoms with E-state index in [0.29, 0.717) is 5.56 Å². The van der Waals surface area contributed by atoms with Crippen molar-refractivity contribution in [3.05, 3.63) is 23.8 Å². The lowest BCUT2D eigenvalue weighted by molar-refractivity contribution is -0.136. The normalized spacial score (nSPS) is 12.3. The molecule has 82 valence electrons. The summed E-state index contributed by atoms with van der Waals surface area (Å²) in [5.74, 6) is -0.911. The average Bonchev–Trinajstić information content (AvgIpc) is 2.18. The maximum Gasteiger partial charge on any atom is 0.317 e. The third-order valence-electron chi connectivity index (χ3n) is 2.04. The van der Waals surface area contributed by atoms with Gasteiger partial charge in [-0.1, -0.05) is 0 Å². The van der Waals surface area contributed by atoms with Crippen molar-refractivity contribution in [1.29, 1.82) is 0 Å². The van der Waals surface area contributed by atoms with Crippen molar-refractivity contribution >= 4 is 5.97 Å².